The molecule has 6 heteroatoms. The van der Waals surface area contributed by atoms with E-state index < -0.39 is 5.38 Å². The average molecular weight is 342 g/mol. The summed E-state index contributed by atoms with van der Waals surface area (Å²) in [5.41, 5.74) is 3.06. The Morgan fingerprint density at radius 1 is 1.32 bits per heavy atom. The molecular weight excluding hydrogens is 332 g/mol. The van der Waals surface area contributed by atoms with E-state index in [0.29, 0.717) is 5.76 Å². The summed E-state index contributed by atoms with van der Waals surface area (Å²) in [4.78, 5) is 16.7. The van der Waals surface area contributed by atoms with Gasteiger partial charge in [-0.1, -0.05) is 15.9 Å². The lowest BCUT2D eigenvalue weighted by atomic mass is 10.1. The first kappa shape index (κ1) is 12.6. The van der Waals surface area contributed by atoms with Crippen LogP contribution in [0.25, 0.3) is 11.0 Å². The van der Waals surface area contributed by atoms with E-state index in [9.17, 15) is 4.79 Å². The number of imidazole rings is 1. The van der Waals surface area contributed by atoms with Gasteiger partial charge in [-0.3, -0.25) is 0 Å². The Balaban J connectivity index is 2.16. The van der Waals surface area contributed by atoms with Crippen molar-refractivity contribution in [1.29, 1.82) is 0 Å². The average Bonchev–Trinajstić information content (AvgIpc) is 2.92. The zero-order valence-electron chi connectivity index (χ0n) is 9.96. The molecular formula is C13H10BrClN2O2. The Bertz CT molecular complexity index is 802. The summed E-state index contributed by atoms with van der Waals surface area (Å²) < 4.78 is 6.25. The molecule has 3 aromatic rings. The van der Waals surface area contributed by atoms with Crippen molar-refractivity contribution in [3.05, 3.63) is 56.3 Å². The maximum atomic E-state index is 11.3. The molecule has 98 valence electrons. The molecule has 0 aliphatic carbocycles. The Morgan fingerprint density at radius 3 is 2.63 bits per heavy atom. The van der Waals surface area contributed by atoms with Crippen molar-refractivity contribution < 1.29 is 4.42 Å². The van der Waals surface area contributed by atoms with Gasteiger partial charge in [0.25, 0.3) is 0 Å². The summed E-state index contributed by atoms with van der Waals surface area (Å²) in [6, 6.07) is 5.54. The van der Waals surface area contributed by atoms with Crippen molar-refractivity contribution in [2.24, 2.45) is 0 Å². The lowest BCUT2D eigenvalue weighted by Crippen LogP contribution is -1.99. The molecule has 2 aromatic heterocycles. The zero-order valence-corrected chi connectivity index (χ0v) is 12.3. The number of rotatable bonds is 2. The number of halogens is 2. The van der Waals surface area contributed by atoms with Crippen LogP contribution in [-0.2, 0) is 0 Å². The van der Waals surface area contributed by atoms with Crippen molar-refractivity contribution in [2.75, 3.05) is 0 Å². The molecule has 0 saturated carbocycles. The van der Waals surface area contributed by atoms with Crippen molar-refractivity contribution >= 4 is 38.6 Å². The Labute approximate surface area is 121 Å². The van der Waals surface area contributed by atoms with Gasteiger partial charge in [0, 0.05) is 4.47 Å². The van der Waals surface area contributed by atoms with E-state index in [4.69, 9.17) is 16.0 Å². The van der Waals surface area contributed by atoms with E-state index in [2.05, 4.69) is 25.9 Å². The third-order valence-corrected chi connectivity index (χ3v) is 4.16. The van der Waals surface area contributed by atoms with Gasteiger partial charge in [0.15, 0.2) is 0 Å². The van der Waals surface area contributed by atoms with Gasteiger partial charge in [-0.2, -0.15) is 0 Å². The second kappa shape index (κ2) is 4.58. The van der Waals surface area contributed by atoms with Crippen LogP contribution >= 0.6 is 27.5 Å². The van der Waals surface area contributed by atoms with Crippen molar-refractivity contribution in [3.8, 4) is 0 Å². The number of aromatic amines is 2. The smallest absolute Gasteiger partial charge is 0.323 e. The predicted molar refractivity (Wildman–Crippen MR) is 77.8 cm³/mol. The summed E-state index contributed by atoms with van der Waals surface area (Å²) in [7, 11) is 0. The van der Waals surface area contributed by atoms with E-state index in [-0.39, 0.29) is 5.69 Å². The molecule has 4 nitrogen and oxygen atoms in total. The molecule has 0 saturated heterocycles. The molecule has 0 aliphatic heterocycles. The van der Waals surface area contributed by atoms with Crippen LogP contribution in [0.1, 0.15) is 22.3 Å². The van der Waals surface area contributed by atoms with E-state index >= 15 is 0 Å². The van der Waals surface area contributed by atoms with Gasteiger partial charge >= 0.3 is 5.69 Å². The predicted octanol–water partition coefficient (Wildman–Crippen LogP) is 3.85. The molecule has 0 bridgehead atoms. The lowest BCUT2D eigenvalue weighted by molar-refractivity contribution is 0.513. The fourth-order valence-electron chi connectivity index (χ4n) is 2.05. The minimum atomic E-state index is -0.410. The molecule has 0 spiro atoms. The molecule has 3 rings (SSSR count). The number of furan rings is 1. The van der Waals surface area contributed by atoms with E-state index in [1.54, 1.807) is 6.26 Å². The molecule has 0 aliphatic rings. The van der Waals surface area contributed by atoms with Crippen LogP contribution in [-0.4, -0.2) is 9.97 Å². The van der Waals surface area contributed by atoms with Crippen LogP contribution in [0.4, 0.5) is 0 Å². The monoisotopic (exact) mass is 340 g/mol. The standard InChI is InChI=1S/C13H10BrClN2O2/c1-6-2-3-19-12(6)11(15)7-4-9-10(5-8(7)14)17-13(18)16-9/h2-5,11H,1H3,(H2,16,17,18). The van der Waals surface area contributed by atoms with Crippen LogP contribution in [0.3, 0.4) is 0 Å². The second-order valence-corrected chi connectivity index (χ2v) is 5.62. The SMILES string of the molecule is Cc1ccoc1C(Cl)c1cc2[nH]c(=O)[nH]c2cc1Br. The van der Waals surface area contributed by atoms with Gasteiger partial charge < -0.3 is 14.4 Å². The number of aryl methyl sites for hydroxylation is 1. The number of hydrogen-bond acceptors (Lipinski definition) is 2. The molecule has 0 radical (unpaired) electrons. The highest BCUT2D eigenvalue weighted by atomic mass is 79.9. The topological polar surface area (TPSA) is 61.8 Å². The summed E-state index contributed by atoms with van der Waals surface area (Å²) in [6.45, 7) is 1.94. The number of H-pyrrole nitrogens is 2. The first-order valence-corrected chi connectivity index (χ1v) is 6.88. The highest BCUT2D eigenvalue weighted by Gasteiger charge is 2.20. The van der Waals surface area contributed by atoms with E-state index in [0.717, 1.165) is 26.6 Å². The van der Waals surface area contributed by atoms with Crippen molar-refractivity contribution in [1.82, 2.24) is 9.97 Å². The lowest BCUT2D eigenvalue weighted by Gasteiger charge is -2.10. The number of fused-ring (bicyclic) bond motifs is 1. The quantitative estimate of drug-likeness (QED) is 0.696. The van der Waals surface area contributed by atoms with Crippen LogP contribution < -0.4 is 5.69 Å². The van der Waals surface area contributed by atoms with Crippen molar-refractivity contribution in [3.63, 3.8) is 0 Å². The number of alkyl halides is 1. The highest BCUT2D eigenvalue weighted by molar-refractivity contribution is 9.10. The number of benzene rings is 1. The molecule has 0 fully saturated rings. The fourth-order valence-corrected chi connectivity index (χ4v) is 3.16. The van der Waals surface area contributed by atoms with E-state index in [1.165, 1.54) is 0 Å². The number of hydrogen-bond donors (Lipinski definition) is 2. The molecule has 2 heterocycles. The fraction of sp³-hybridized carbons (Fsp3) is 0.154. The summed E-state index contributed by atoms with van der Waals surface area (Å²) >= 11 is 9.94. The molecule has 1 aromatic carbocycles. The first-order valence-electron chi connectivity index (χ1n) is 5.66. The Morgan fingerprint density at radius 2 is 2.00 bits per heavy atom. The van der Waals surface area contributed by atoms with Gasteiger partial charge in [0.1, 0.15) is 11.1 Å². The maximum absolute atomic E-state index is 11.3. The molecule has 0 amide bonds. The minimum absolute atomic E-state index is 0.237. The minimum Gasteiger partial charge on any atom is -0.467 e. The second-order valence-electron chi connectivity index (χ2n) is 4.33. The van der Waals surface area contributed by atoms with Gasteiger partial charge in [-0.15, -0.1) is 11.6 Å². The first-order chi connectivity index (χ1) is 9.06. The number of aromatic nitrogens is 2. The summed E-state index contributed by atoms with van der Waals surface area (Å²) in [5.74, 6) is 0.708. The molecule has 19 heavy (non-hydrogen) atoms. The van der Waals surface area contributed by atoms with Gasteiger partial charge in [-0.05, 0) is 36.2 Å². The van der Waals surface area contributed by atoms with Gasteiger partial charge in [-0.25, -0.2) is 4.79 Å². The molecule has 2 N–H and O–H groups in total. The molecule has 1 atom stereocenters. The third kappa shape index (κ3) is 2.13. The van der Waals surface area contributed by atoms with Gasteiger partial charge in [0.2, 0.25) is 0 Å². The Kier molecular flexibility index (Phi) is 3.03. The highest BCUT2D eigenvalue weighted by Crippen LogP contribution is 2.37. The van der Waals surface area contributed by atoms with Crippen LogP contribution in [0.2, 0.25) is 0 Å². The zero-order chi connectivity index (χ0) is 13.6. The van der Waals surface area contributed by atoms with E-state index in [1.807, 2.05) is 25.1 Å². The van der Waals surface area contributed by atoms with Crippen LogP contribution in [0, 0.1) is 6.92 Å². The normalized spacial score (nSPS) is 13.0. The van der Waals surface area contributed by atoms with Crippen LogP contribution in [0.15, 0.2) is 38.1 Å². The largest absolute Gasteiger partial charge is 0.467 e. The van der Waals surface area contributed by atoms with Crippen molar-refractivity contribution in [2.45, 2.75) is 12.3 Å². The number of nitrogens with one attached hydrogen (secondary N) is 2. The third-order valence-electron chi connectivity index (χ3n) is 3.04. The van der Waals surface area contributed by atoms with Gasteiger partial charge in [0.05, 0.1) is 17.3 Å². The summed E-state index contributed by atoms with van der Waals surface area (Å²) in [6.07, 6.45) is 1.62. The maximum Gasteiger partial charge on any atom is 0.323 e. The summed E-state index contributed by atoms with van der Waals surface area (Å²) in [5, 5.41) is -0.410. The van der Waals surface area contributed by atoms with Crippen LogP contribution in [0.5, 0.6) is 0 Å². The Hall–Kier alpha value is -1.46. The molecule has 1 unspecified atom stereocenters.